The van der Waals surface area contributed by atoms with Gasteiger partial charge in [0.05, 0.1) is 12.5 Å². The van der Waals surface area contributed by atoms with Gasteiger partial charge < -0.3 is 16.3 Å². The normalized spacial score (nSPS) is 14.6. The predicted octanol–water partition coefficient (Wildman–Crippen LogP) is 0.970. The van der Waals surface area contributed by atoms with Crippen molar-refractivity contribution in [1.82, 2.24) is 5.32 Å². The van der Waals surface area contributed by atoms with Crippen molar-refractivity contribution in [3.05, 3.63) is 0 Å². The summed E-state index contributed by atoms with van der Waals surface area (Å²) >= 11 is 0. The zero-order valence-corrected chi connectivity index (χ0v) is 8.71. The smallest absolute Gasteiger partial charge is 0.389 e. The summed E-state index contributed by atoms with van der Waals surface area (Å²) in [6.07, 6.45) is -5.90. The molecule has 8 heteroatoms. The Morgan fingerprint density at radius 2 is 2.12 bits per heavy atom. The van der Waals surface area contributed by atoms with Crippen molar-refractivity contribution >= 4 is 11.7 Å². The first-order chi connectivity index (χ1) is 7.30. The van der Waals surface area contributed by atoms with Gasteiger partial charge in [-0.3, -0.25) is 4.79 Å². The molecule has 5 nitrogen and oxygen atoms in total. The number of rotatable bonds is 5. The van der Waals surface area contributed by atoms with E-state index in [1.807, 2.05) is 0 Å². The van der Waals surface area contributed by atoms with E-state index >= 15 is 0 Å². The number of amides is 1. The Labute approximate surface area is 90.5 Å². The van der Waals surface area contributed by atoms with Gasteiger partial charge in [-0.25, -0.2) is 0 Å². The summed E-state index contributed by atoms with van der Waals surface area (Å²) in [6.45, 7) is 1.65. The highest BCUT2D eigenvalue weighted by Crippen LogP contribution is 2.21. The van der Waals surface area contributed by atoms with Gasteiger partial charge in [-0.1, -0.05) is 12.1 Å². The van der Waals surface area contributed by atoms with Gasteiger partial charge in [0, 0.05) is 6.42 Å². The molecule has 0 aliphatic carbocycles. The summed E-state index contributed by atoms with van der Waals surface area (Å²) in [7, 11) is 0. The van der Waals surface area contributed by atoms with E-state index in [0.29, 0.717) is 6.42 Å². The van der Waals surface area contributed by atoms with Gasteiger partial charge in [0.25, 0.3) is 0 Å². The third-order valence-electron chi connectivity index (χ3n) is 1.85. The van der Waals surface area contributed by atoms with Crippen LogP contribution in [0, 0.1) is 0 Å². The number of hydrogen-bond donors (Lipinski definition) is 3. The number of nitrogens with two attached hydrogens (primary N) is 1. The number of carbonyl (C=O) groups is 1. The van der Waals surface area contributed by atoms with Crippen LogP contribution < -0.4 is 11.1 Å². The summed E-state index contributed by atoms with van der Waals surface area (Å²) in [4.78, 5) is 11.1. The lowest BCUT2D eigenvalue weighted by atomic mass is 10.2. The first-order valence-electron chi connectivity index (χ1n) is 4.63. The number of halogens is 3. The van der Waals surface area contributed by atoms with Crippen LogP contribution in [0.15, 0.2) is 5.16 Å². The van der Waals surface area contributed by atoms with Gasteiger partial charge >= 0.3 is 6.18 Å². The second-order valence-corrected chi connectivity index (χ2v) is 3.17. The molecule has 0 aromatic rings. The van der Waals surface area contributed by atoms with E-state index in [2.05, 4.69) is 10.5 Å². The molecule has 94 valence electrons. The summed E-state index contributed by atoms with van der Waals surface area (Å²) in [5, 5.41) is 13.3. The van der Waals surface area contributed by atoms with E-state index in [4.69, 9.17) is 10.9 Å². The lowest BCUT2D eigenvalue weighted by Crippen LogP contribution is -2.44. The molecule has 1 amide bonds. The van der Waals surface area contributed by atoms with Gasteiger partial charge in [0.1, 0.15) is 0 Å². The molecule has 0 aromatic carbocycles. The molecule has 0 aliphatic heterocycles. The first-order valence-corrected chi connectivity index (χ1v) is 4.63. The summed E-state index contributed by atoms with van der Waals surface area (Å²) in [5.74, 6) is -1.02. The van der Waals surface area contributed by atoms with Crippen LogP contribution in [0.25, 0.3) is 0 Å². The minimum Gasteiger partial charge on any atom is -0.409 e. The molecule has 0 radical (unpaired) electrons. The van der Waals surface area contributed by atoms with Crippen LogP contribution in [0.4, 0.5) is 13.2 Å². The molecule has 0 saturated heterocycles. The quantitative estimate of drug-likeness (QED) is 0.290. The fourth-order valence-electron chi connectivity index (χ4n) is 0.977. The number of hydrogen-bond acceptors (Lipinski definition) is 3. The Balaban J connectivity index is 4.12. The van der Waals surface area contributed by atoms with Gasteiger partial charge in [-0.15, -0.1) is 0 Å². The summed E-state index contributed by atoms with van der Waals surface area (Å²) < 4.78 is 35.4. The molecule has 0 saturated carbocycles. The van der Waals surface area contributed by atoms with Gasteiger partial charge in [-0.2, -0.15) is 13.2 Å². The molecule has 0 heterocycles. The van der Waals surface area contributed by atoms with E-state index < -0.39 is 31.0 Å². The molecule has 0 bridgehead atoms. The predicted molar refractivity (Wildman–Crippen MR) is 50.9 cm³/mol. The third kappa shape index (κ3) is 6.10. The molecule has 16 heavy (non-hydrogen) atoms. The highest BCUT2D eigenvalue weighted by Gasteiger charge is 2.28. The van der Waals surface area contributed by atoms with Crippen molar-refractivity contribution in [1.29, 1.82) is 0 Å². The van der Waals surface area contributed by atoms with Crippen molar-refractivity contribution < 1.29 is 23.2 Å². The van der Waals surface area contributed by atoms with Crippen LogP contribution in [0.3, 0.4) is 0 Å². The van der Waals surface area contributed by atoms with E-state index in [1.54, 1.807) is 6.92 Å². The number of carbonyl (C=O) groups excluding carboxylic acids is 1. The Morgan fingerprint density at radius 3 is 2.50 bits per heavy atom. The summed E-state index contributed by atoms with van der Waals surface area (Å²) in [6, 6.07) is -0.745. The van der Waals surface area contributed by atoms with Crippen molar-refractivity contribution in [2.45, 2.75) is 38.4 Å². The molecular weight excluding hydrogens is 227 g/mol. The van der Waals surface area contributed by atoms with Crippen molar-refractivity contribution in [3.63, 3.8) is 0 Å². The number of oxime groups is 1. The molecule has 0 fully saturated rings. The van der Waals surface area contributed by atoms with E-state index in [0.717, 1.165) is 0 Å². The molecule has 0 aliphatic rings. The molecule has 4 N–H and O–H groups in total. The van der Waals surface area contributed by atoms with E-state index in [1.165, 1.54) is 0 Å². The van der Waals surface area contributed by atoms with Crippen LogP contribution in [0.1, 0.15) is 26.2 Å². The van der Waals surface area contributed by atoms with Crippen molar-refractivity contribution in [3.8, 4) is 0 Å². The largest absolute Gasteiger partial charge is 0.409 e. The van der Waals surface area contributed by atoms with E-state index in [-0.39, 0.29) is 5.84 Å². The van der Waals surface area contributed by atoms with Crippen LogP contribution in [-0.4, -0.2) is 29.2 Å². The molecule has 1 atom stereocenters. The Hall–Kier alpha value is -1.47. The van der Waals surface area contributed by atoms with Crippen LogP contribution in [0.2, 0.25) is 0 Å². The maximum Gasteiger partial charge on any atom is 0.389 e. The van der Waals surface area contributed by atoms with Crippen LogP contribution in [-0.2, 0) is 4.79 Å². The molecule has 1 unspecified atom stereocenters. The second-order valence-electron chi connectivity index (χ2n) is 3.17. The Kier molecular flexibility index (Phi) is 5.62. The minimum absolute atomic E-state index is 0.233. The Morgan fingerprint density at radius 1 is 1.56 bits per heavy atom. The molecule has 0 spiro atoms. The summed E-state index contributed by atoms with van der Waals surface area (Å²) in [5.41, 5.74) is 5.22. The topological polar surface area (TPSA) is 87.7 Å². The maximum atomic E-state index is 11.8. The van der Waals surface area contributed by atoms with Gasteiger partial charge in [-0.05, 0) is 6.42 Å². The molecule has 0 aromatic heterocycles. The highest BCUT2D eigenvalue weighted by atomic mass is 19.4. The van der Waals surface area contributed by atoms with Crippen molar-refractivity contribution in [2.75, 3.05) is 0 Å². The standard InChI is InChI=1S/C8H14F3N3O2/c1-2-5(7(12)14-16)13-6(15)3-4-8(9,10)11/h5,16H,2-4H2,1H3,(H2,12,14)(H,13,15). The van der Waals surface area contributed by atoms with Crippen molar-refractivity contribution in [2.24, 2.45) is 10.9 Å². The molecule has 0 rings (SSSR count). The fourth-order valence-corrected chi connectivity index (χ4v) is 0.977. The monoisotopic (exact) mass is 241 g/mol. The lowest BCUT2D eigenvalue weighted by Gasteiger charge is -2.15. The number of nitrogens with one attached hydrogen (secondary N) is 1. The second kappa shape index (κ2) is 6.19. The average molecular weight is 241 g/mol. The van der Waals surface area contributed by atoms with E-state index in [9.17, 15) is 18.0 Å². The molecular formula is C8H14F3N3O2. The van der Waals surface area contributed by atoms with Gasteiger partial charge in [0.2, 0.25) is 5.91 Å². The zero-order valence-electron chi connectivity index (χ0n) is 8.71. The third-order valence-corrected chi connectivity index (χ3v) is 1.85. The average Bonchev–Trinajstić information content (AvgIpc) is 2.21. The number of alkyl halides is 3. The van der Waals surface area contributed by atoms with Gasteiger partial charge in [0.15, 0.2) is 5.84 Å². The number of nitrogens with zero attached hydrogens (tertiary/aromatic N) is 1. The zero-order chi connectivity index (χ0) is 12.8. The maximum absolute atomic E-state index is 11.8. The lowest BCUT2D eigenvalue weighted by molar-refractivity contribution is -0.144. The Bertz CT molecular complexity index is 266. The SMILES string of the molecule is CCC(NC(=O)CCC(F)(F)F)C(N)=NO. The van der Waals surface area contributed by atoms with Crippen LogP contribution >= 0.6 is 0 Å². The first kappa shape index (κ1) is 14.5. The number of amidine groups is 1. The minimum atomic E-state index is -4.37. The fraction of sp³-hybridized carbons (Fsp3) is 0.750. The highest BCUT2D eigenvalue weighted by molar-refractivity contribution is 5.89. The van der Waals surface area contributed by atoms with Crippen LogP contribution in [0.5, 0.6) is 0 Å².